The molecule has 0 saturated carbocycles. The minimum atomic E-state index is -4.44. The summed E-state index contributed by atoms with van der Waals surface area (Å²) in [6.45, 7) is -0.351. The molecule has 3 rings (SSSR count). The Morgan fingerprint density at radius 1 is 1.07 bits per heavy atom. The van der Waals surface area contributed by atoms with Gasteiger partial charge in [0.05, 0.1) is 5.56 Å². The molecule has 0 spiro atoms. The fourth-order valence-electron chi connectivity index (χ4n) is 2.47. The van der Waals surface area contributed by atoms with Crippen molar-refractivity contribution < 1.29 is 32.0 Å². The van der Waals surface area contributed by atoms with Crippen molar-refractivity contribution in [1.82, 2.24) is 5.16 Å². The quantitative estimate of drug-likeness (QED) is 0.666. The van der Waals surface area contributed by atoms with Crippen molar-refractivity contribution in [3.05, 3.63) is 71.5 Å². The number of hydrogen-bond acceptors (Lipinski definition) is 5. The maximum Gasteiger partial charge on any atom is 0.416 e. The second-order valence-electron chi connectivity index (χ2n) is 5.75. The number of rotatable bonds is 6. The molecule has 2 aromatic carbocycles. The third-order valence-corrected chi connectivity index (χ3v) is 3.78. The van der Waals surface area contributed by atoms with E-state index in [1.54, 1.807) is 30.3 Å². The van der Waals surface area contributed by atoms with Crippen molar-refractivity contribution in [3.63, 3.8) is 0 Å². The van der Waals surface area contributed by atoms with Gasteiger partial charge in [-0.25, -0.2) is 4.79 Å². The van der Waals surface area contributed by atoms with Gasteiger partial charge in [0.25, 0.3) is 0 Å². The first-order chi connectivity index (χ1) is 13.3. The zero-order chi connectivity index (χ0) is 20.1. The van der Waals surface area contributed by atoms with Crippen molar-refractivity contribution in [2.75, 3.05) is 0 Å². The van der Waals surface area contributed by atoms with E-state index >= 15 is 0 Å². The fraction of sp³-hybridized carbons (Fsp3) is 0.158. The van der Waals surface area contributed by atoms with Crippen molar-refractivity contribution in [1.29, 1.82) is 0 Å². The molecule has 1 heterocycles. The molecule has 2 N–H and O–H groups in total. The van der Waals surface area contributed by atoms with E-state index in [2.05, 4.69) is 9.89 Å². The number of nitrogens with two attached hydrogens (primary N) is 1. The van der Waals surface area contributed by atoms with Gasteiger partial charge < -0.3 is 19.7 Å². The molecule has 1 aromatic heterocycles. The molecule has 3 aromatic rings. The van der Waals surface area contributed by atoms with Gasteiger partial charge in [-0.05, 0) is 30.3 Å². The Hall–Kier alpha value is -3.49. The van der Waals surface area contributed by atoms with Gasteiger partial charge >= 0.3 is 12.3 Å². The van der Waals surface area contributed by atoms with Gasteiger partial charge in [0.15, 0.2) is 12.4 Å². The smallest absolute Gasteiger partial charge is 0.416 e. The van der Waals surface area contributed by atoms with Crippen LogP contribution in [0.1, 0.15) is 16.9 Å². The van der Waals surface area contributed by atoms with E-state index in [1.165, 1.54) is 18.2 Å². The van der Waals surface area contributed by atoms with Crippen molar-refractivity contribution in [3.8, 4) is 17.0 Å². The number of primary amides is 1. The molecule has 1 amide bonds. The molecule has 0 aliphatic rings. The molecule has 0 radical (unpaired) electrons. The van der Waals surface area contributed by atoms with Crippen LogP contribution in [-0.4, -0.2) is 11.2 Å². The summed E-state index contributed by atoms with van der Waals surface area (Å²) in [7, 11) is 0. The number of hydrogen-bond donors (Lipinski definition) is 1. The molecule has 6 nitrogen and oxygen atoms in total. The molecule has 9 heteroatoms. The average molecular weight is 392 g/mol. The SMILES string of the molecule is NC(=O)OCc1cc(-c2ccc(OCc3ccccc3C(F)(F)F)cc2)no1. The zero-order valence-electron chi connectivity index (χ0n) is 14.4. The molecule has 0 fully saturated rings. The van der Waals surface area contributed by atoms with Crippen LogP contribution in [0.5, 0.6) is 5.75 Å². The predicted octanol–water partition coefficient (Wildman–Crippen LogP) is 4.53. The van der Waals surface area contributed by atoms with Gasteiger partial charge in [-0.15, -0.1) is 0 Å². The van der Waals surface area contributed by atoms with E-state index < -0.39 is 17.8 Å². The number of amides is 1. The van der Waals surface area contributed by atoms with Crippen LogP contribution in [0.25, 0.3) is 11.3 Å². The number of carbonyl (C=O) groups excluding carboxylic acids is 1. The fourth-order valence-corrected chi connectivity index (χ4v) is 2.47. The third-order valence-electron chi connectivity index (χ3n) is 3.78. The van der Waals surface area contributed by atoms with E-state index in [0.717, 1.165) is 6.07 Å². The number of alkyl halides is 3. The Morgan fingerprint density at radius 3 is 2.46 bits per heavy atom. The number of benzene rings is 2. The third kappa shape index (κ3) is 4.81. The molecule has 146 valence electrons. The minimum absolute atomic E-state index is 0.0506. The van der Waals surface area contributed by atoms with Crippen LogP contribution < -0.4 is 10.5 Å². The van der Waals surface area contributed by atoms with Crippen LogP contribution in [0.3, 0.4) is 0 Å². The largest absolute Gasteiger partial charge is 0.489 e. The average Bonchev–Trinajstić information content (AvgIpc) is 3.14. The summed E-state index contributed by atoms with van der Waals surface area (Å²) in [5, 5.41) is 3.85. The number of nitrogens with zero attached hydrogens (tertiary/aromatic N) is 1. The highest BCUT2D eigenvalue weighted by atomic mass is 19.4. The topological polar surface area (TPSA) is 87.6 Å². The lowest BCUT2D eigenvalue weighted by Crippen LogP contribution is -2.12. The normalized spacial score (nSPS) is 11.2. The summed E-state index contributed by atoms with van der Waals surface area (Å²) < 4.78 is 54.1. The molecule has 28 heavy (non-hydrogen) atoms. The zero-order valence-corrected chi connectivity index (χ0v) is 14.4. The van der Waals surface area contributed by atoms with E-state index in [0.29, 0.717) is 22.8 Å². The summed E-state index contributed by atoms with van der Waals surface area (Å²) in [6, 6.07) is 13.4. The van der Waals surface area contributed by atoms with E-state index in [9.17, 15) is 18.0 Å². The maximum atomic E-state index is 13.0. The minimum Gasteiger partial charge on any atom is -0.489 e. The predicted molar refractivity (Wildman–Crippen MR) is 92.1 cm³/mol. The molecule has 0 bridgehead atoms. The first kappa shape index (κ1) is 19.3. The highest BCUT2D eigenvalue weighted by molar-refractivity contribution is 5.64. The summed E-state index contributed by atoms with van der Waals surface area (Å²) in [6.07, 6.45) is -5.36. The molecule has 0 unspecified atom stereocenters. The highest BCUT2D eigenvalue weighted by Gasteiger charge is 2.32. The highest BCUT2D eigenvalue weighted by Crippen LogP contribution is 2.32. The lowest BCUT2D eigenvalue weighted by atomic mass is 10.1. The molecule has 0 aliphatic carbocycles. The Bertz CT molecular complexity index is 952. The van der Waals surface area contributed by atoms with Crippen LogP contribution >= 0.6 is 0 Å². The number of halogens is 3. The number of ether oxygens (including phenoxy) is 2. The lowest BCUT2D eigenvalue weighted by Gasteiger charge is -2.13. The molecular formula is C19H15F3N2O4. The monoisotopic (exact) mass is 392 g/mol. The summed E-state index contributed by atoms with van der Waals surface area (Å²) >= 11 is 0. The van der Waals surface area contributed by atoms with Crippen molar-refractivity contribution in [2.45, 2.75) is 19.4 Å². The van der Waals surface area contributed by atoms with Gasteiger partial charge in [0.1, 0.15) is 18.1 Å². The summed E-state index contributed by atoms with van der Waals surface area (Å²) in [5.41, 5.74) is 5.40. The molecular weight excluding hydrogens is 377 g/mol. The Morgan fingerprint density at radius 2 is 1.79 bits per heavy atom. The summed E-state index contributed by atoms with van der Waals surface area (Å²) in [5.74, 6) is 0.722. The Kier molecular flexibility index (Phi) is 5.53. The number of carbonyl (C=O) groups is 1. The maximum absolute atomic E-state index is 13.0. The molecule has 0 atom stereocenters. The van der Waals surface area contributed by atoms with Crippen LogP contribution in [-0.2, 0) is 24.1 Å². The van der Waals surface area contributed by atoms with Gasteiger partial charge in [0, 0.05) is 17.2 Å². The van der Waals surface area contributed by atoms with Gasteiger partial charge in [0.2, 0.25) is 0 Å². The lowest BCUT2D eigenvalue weighted by molar-refractivity contribution is -0.138. The van der Waals surface area contributed by atoms with Gasteiger partial charge in [-0.1, -0.05) is 23.4 Å². The summed E-state index contributed by atoms with van der Waals surface area (Å²) in [4.78, 5) is 10.6. The molecule has 0 saturated heterocycles. The van der Waals surface area contributed by atoms with Gasteiger partial charge in [-0.2, -0.15) is 13.2 Å². The van der Waals surface area contributed by atoms with Crippen molar-refractivity contribution in [2.24, 2.45) is 5.73 Å². The van der Waals surface area contributed by atoms with Crippen molar-refractivity contribution >= 4 is 6.09 Å². The second kappa shape index (κ2) is 8.03. The van der Waals surface area contributed by atoms with Crippen LogP contribution in [0.4, 0.5) is 18.0 Å². The second-order valence-corrected chi connectivity index (χ2v) is 5.75. The Balaban J connectivity index is 1.65. The van der Waals surface area contributed by atoms with E-state index in [4.69, 9.17) is 15.0 Å². The number of aromatic nitrogens is 1. The standard InChI is InChI=1S/C19H15F3N2O4/c20-19(21,22)16-4-2-1-3-13(16)10-26-14-7-5-12(6-8-14)17-9-15(28-24-17)11-27-18(23)25/h1-9H,10-11H2,(H2,23,25). The van der Waals surface area contributed by atoms with E-state index in [-0.39, 0.29) is 18.8 Å². The van der Waals surface area contributed by atoms with Crippen LogP contribution in [0.2, 0.25) is 0 Å². The first-order valence-electron chi connectivity index (χ1n) is 8.09. The first-order valence-corrected chi connectivity index (χ1v) is 8.09. The van der Waals surface area contributed by atoms with Crippen LogP contribution in [0, 0.1) is 0 Å². The van der Waals surface area contributed by atoms with Gasteiger partial charge in [-0.3, -0.25) is 0 Å². The van der Waals surface area contributed by atoms with Crippen LogP contribution in [0.15, 0.2) is 59.1 Å². The van der Waals surface area contributed by atoms with E-state index in [1.807, 2.05) is 0 Å². The Labute approximate surface area is 157 Å². The molecule has 0 aliphatic heterocycles.